The van der Waals surface area contributed by atoms with E-state index >= 15 is 0 Å². The summed E-state index contributed by atoms with van der Waals surface area (Å²) in [5, 5.41) is 3.03. The number of hydrogen-bond donors (Lipinski definition) is 1. The second-order valence-electron chi connectivity index (χ2n) is 7.82. The van der Waals surface area contributed by atoms with Gasteiger partial charge in [-0.05, 0) is 50.8 Å². The van der Waals surface area contributed by atoms with E-state index in [9.17, 15) is 9.59 Å². The van der Waals surface area contributed by atoms with Gasteiger partial charge in [-0.3, -0.25) is 4.79 Å². The third kappa shape index (κ3) is 4.55. The Bertz CT molecular complexity index is 894. The van der Waals surface area contributed by atoms with Crippen LogP contribution in [-0.4, -0.2) is 57.9 Å². The predicted octanol–water partition coefficient (Wildman–Crippen LogP) is 3.32. The molecule has 4 rings (SSSR count). The Morgan fingerprint density at radius 3 is 2.66 bits per heavy atom. The van der Waals surface area contributed by atoms with Gasteiger partial charge in [-0.1, -0.05) is 12.1 Å². The maximum Gasteiger partial charge on any atom is 0.320 e. The van der Waals surface area contributed by atoms with Crippen LogP contribution in [0.5, 0.6) is 0 Å². The van der Waals surface area contributed by atoms with Gasteiger partial charge < -0.3 is 15.1 Å². The summed E-state index contributed by atoms with van der Waals surface area (Å²) >= 11 is 0. The zero-order chi connectivity index (χ0) is 20.2. The average Bonchev–Trinajstić information content (AvgIpc) is 3.28. The first-order chi connectivity index (χ1) is 14.1. The van der Waals surface area contributed by atoms with Crippen molar-refractivity contribution in [3.8, 4) is 11.3 Å². The van der Waals surface area contributed by atoms with E-state index in [-0.39, 0.29) is 17.9 Å². The summed E-state index contributed by atoms with van der Waals surface area (Å²) in [7, 11) is 0. The normalized spacial score (nSPS) is 19.3. The number of benzene rings is 1. The smallest absolute Gasteiger partial charge is 0.320 e. The zero-order valence-electron chi connectivity index (χ0n) is 16.8. The maximum atomic E-state index is 12.9. The number of piperidine rings is 1. The van der Waals surface area contributed by atoms with Crippen LogP contribution in [0.15, 0.2) is 36.5 Å². The largest absolute Gasteiger partial charge is 0.326 e. The van der Waals surface area contributed by atoms with Gasteiger partial charge in [0.25, 0.3) is 0 Å². The van der Waals surface area contributed by atoms with Gasteiger partial charge in [-0.15, -0.1) is 0 Å². The summed E-state index contributed by atoms with van der Waals surface area (Å²) in [6, 6.07) is 9.62. The van der Waals surface area contributed by atoms with Gasteiger partial charge in [0.1, 0.15) is 5.82 Å². The van der Waals surface area contributed by atoms with Gasteiger partial charge in [0.15, 0.2) is 0 Å². The molecule has 0 spiro atoms. The number of nitrogens with one attached hydrogen (secondary N) is 1. The Morgan fingerprint density at radius 1 is 1.07 bits per heavy atom. The highest BCUT2D eigenvalue weighted by atomic mass is 16.2. The van der Waals surface area contributed by atoms with Crippen molar-refractivity contribution in [1.29, 1.82) is 0 Å². The number of nitrogens with zero attached hydrogens (tertiary/aromatic N) is 4. The minimum atomic E-state index is -0.180. The molecule has 0 bridgehead atoms. The number of aromatic nitrogens is 2. The molecule has 2 aliphatic rings. The van der Waals surface area contributed by atoms with Crippen LogP contribution in [-0.2, 0) is 4.79 Å². The minimum Gasteiger partial charge on any atom is -0.326 e. The molecule has 0 radical (unpaired) electrons. The monoisotopic (exact) mass is 393 g/mol. The number of aryl methyl sites for hydroxylation is 1. The molecular weight excluding hydrogens is 366 g/mol. The molecule has 2 aliphatic heterocycles. The molecule has 1 aromatic carbocycles. The van der Waals surface area contributed by atoms with Gasteiger partial charge in [0, 0.05) is 43.6 Å². The third-order valence-corrected chi connectivity index (χ3v) is 5.64. The molecule has 3 heterocycles. The molecule has 3 amide bonds. The van der Waals surface area contributed by atoms with Crippen molar-refractivity contribution >= 4 is 17.6 Å². The van der Waals surface area contributed by atoms with Crippen molar-refractivity contribution in [2.45, 2.75) is 32.6 Å². The molecule has 152 valence electrons. The molecule has 1 N–H and O–H groups in total. The Balaban J connectivity index is 1.41. The van der Waals surface area contributed by atoms with Crippen molar-refractivity contribution in [3.63, 3.8) is 0 Å². The Kier molecular flexibility index (Phi) is 5.74. The first-order valence-corrected chi connectivity index (χ1v) is 10.3. The van der Waals surface area contributed by atoms with Crippen LogP contribution in [0.2, 0.25) is 0 Å². The molecule has 0 saturated carbocycles. The lowest BCUT2D eigenvalue weighted by Gasteiger charge is -2.34. The van der Waals surface area contributed by atoms with Crippen molar-refractivity contribution in [3.05, 3.63) is 42.4 Å². The lowest BCUT2D eigenvalue weighted by Crippen LogP contribution is -2.48. The SMILES string of the molecule is Cc1nccc(-c2cccc(NC(=O)[C@@H]3CCCN(C(=O)N4CCCC4)C3)c2)n1. The van der Waals surface area contributed by atoms with Crippen LogP contribution in [0.25, 0.3) is 11.3 Å². The zero-order valence-corrected chi connectivity index (χ0v) is 16.8. The van der Waals surface area contributed by atoms with Crippen molar-refractivity contribution in [2.24, 2.45) is 5.92 Å². The molecule has 7 heteroatoms. The van der Waals surface area contributed by atoms with E-state index in [1.165, 1.54) is 0 Å². The highest BCUT2D eigenvalue weighted by Gasteiger charge is 2.31. The number of rotatable bonds is 3. The summed E-state index contributed by atoms with van der Waals surface area (Å²) in [5.41, 5.74) is 2.50. The van der Waals surface area contributed by atoms with E-state index in [1.54, 1.807) is 6.20 Å². The van der Waals surface area contributed by atoms with Crippen molar-refractivity contribution < 1.29 is 9.59 Å². The molecule has 2 aromatic rings. The van der Waals surface area contributed by atoms with Crippen LogP contribution in [0.1, 0.15) is 31.5 Å². The summed E-state index contributed by atoms with van der Waals surface area (Å²) in [5.74, 6) is 0.502. The first kappa shape index (κ1) is 19.4. The number of likely N-dealkylation sites (tertiary alicyclic amines) is 2. The second kappa shape index (κ2) is 8.59. The van der Waals surface area contributed by atoms with Crippen LogP contribution in [0.4, 0.5) is 10.5 Å². The average molecular weight is 393 g/mol. The summed E-state index contributed by atoms with van der Waals surface area (Å²) in [6.07, 6.45) is 5.55. The fourth-order valence-corrected chi connectivity index (χ4v) is 4.09. The topological polar surface area (TPSA) is 78.4 Å². The third-order valence-electron chi connectivity index (χ3n) is 5.64. The lowest BCUT2D eigenvalue weighted by molar-refractivity contribution is -0.121. The van der Waals surface area contributed by atoms with Gasteiger partial charge in [-0.2, -0.15) is 0 Å². The first-order valence-electron chi connectivity index (χ1n) is 10.3. The van der Waals surface area contributed by atoms with Crippen LogP contribution < -0.4 is 5.32 Å². The van der Waals surface area contributed by atoms with E-state index in [1.807, 2.05) is 47.1 Å². The number of urea groups is 1. The summed E-state index contributed by atoms with van der Waals surface area (Å²) < 4.78 is 0. The van der Waals surface area contributed by atoms with Gasteiger partial charge in [-0.25, -0.2) is 14.8 Å². The Morgan fingerprint density at radius 2 is 1.86 bits per heavy atom. The van der Waals surface area contributed by atoms with Gasteiger partial charge >= 0.3 is 6.03 Å². The van der Waals surface area contributed by atoms with E-state index in [0.717, 1.165) is 62.3 Å². The summed E-state index contributed by atoms with van der Waals surface area (Å²) in [4.78, 5) is 37.9. The molecule has 2 saturated heterocycles. The quantitative estimate of drug-likeness (QED) is 0.868. The van der Waals surface area contributed by atoms with Gasteiger partial charge in [0.05, 0.1) is 11.6 Å². The summed E-state index contributed by atoms with van der Waals surface area (Å²) in [6.45, 7) is 4.75. The van der Waals surface area contributed by atoms with Crippen molar-refractivity contribution in [1.82, 2.24) is 19.8 Å². The van der Waals surface area contributed by atoms with Gasteiger partial charge in [0.2, 0.25) is 5.91 Å². The van der Waals surface area contributed by atoms with Crippen LogP contribution in [0.3, 0.4) is 0 Å². The fraction of sp³-hybridized carbons (Fsp3) is 0.455. The molecule has 1 atom stereocenters. The van der Waals surface area contributed by atoms with E-state index in [0.29, 0.717) is 12.4 Å². The standard InChI is InChI=1S/C22H27N5O2/c1-16-23-10-9-20(24-16)17-6-4-8-19(14-17)25-21(28)18-7-5-13-27(15-18)22(29)26-11-2-3-12-26/h4,6,8-10,14,18H,2-3,5,7,11-13,15H2,1H3,(H,25,28)/t18-/m1/s1. The molecular formula is C22H27N5O2. The lowest BCUT2D eigenvalue weighted by atomic mass is 9.97. The molecule has 2 fully saturated rings. The van der Waals surface area contributed by atoms with Crippen LogP contribution in [0, 0.1) is 12.8 Å². The minimum absolute atomic E-state index is 0.0278. The number of carbonyl (C=O) groups is 2. The van der Waals surface area contributed by atoms with E-state index < -0.39 is 0 Å². The fourth-order valence-electron chi connectivity index (χ4n) is 4.09. The maximum absolute atomic E-state index is 12.9. The van der Waals surface area contributed by atoms with E-state index in [4.69, 9.17) is 0 Å². The molecule has 7 nitrogen and oxygen atoms in total. The number of hydrogen-bond acceptors (Lipinski definition) is 4. The molecule has 29 heavy (non-hydrogen) atoms. The number of amides is 3. The highest BCUT2D eigenvalue weighted by molar-refractivity contribution is 5.93. The highest BCUT2D eigenvalue weighted by Crippen LogP contribution is 2.24. The Labute approximate surface area is 171 Å². The second-order valence-corrected chi connectivity index (χ2v) is 7.82. The Hall–Kier alpha value is -2.96. The molecule has 0 unspecified atom stereocenters. The molecule has 0 aliphatic carbocycles. The van der Waals surface area contributed by atoms with E-state index in [2.05, 4.69) is 15.3 Å². The van der Waals surface area contributed by atoms with Crippen LogP contribution >= 0.6 is 0 Å². The number of anilines is 1. The number of carbonyl (C=O) groups excluding carboxylic acids is 2. The van der Waals surface area contributed by atoms with Crippen molar-refractivity contribution in [2.75, 3.05) is 31.5 Å². The molecule has 1 aromatic heterocycles. The predicted molar refractivity (Wildman–Crippen MR) is 111 cm³/mol.